The molecule has 0 saturated heterocycles. The quantitative estimate of drug-likeness (QED) is 0.402. The average Bonchev–Trinajstić information content (AvgIpc) is 2.90. The second-order valence-electron chi connectivity index (χ2n) is 5.29. The molecule has 1 N–H and O–H groups in total. The summed E-state index contributed by atoms with van der Waals surface area (Å²) in [6.45, 7) is 0. The topological polar surface area (TPSA) is 52.9 Å². The van der Waals surface area contributed by atoms with Crippen LogP contribution in [-0.2, 0) is 4.79 Å². The fourth-order valence-corrected chi connectivity index (χ4v) is 4.15. The van der Waals surface area contributed by atoms with Crippen molar-refractivity contribution < 1.29 is 23.1 Å². The highest BCUT2D eigenvalue weighted by atomic mass is 127. The van der Waals surface area contributed by atoms with E-state index in [2.05, 4.69) is 5.10 Å². The van der Waals surface area contributed by atoms with Crippen molar-refractivity contribution in [2.45, 2.75) is 6.18 Å². The van der Waals surface area contributed by atoms with E-state index in [1.165, 1.54) is 24.3 Å². The lowest BCUT2D eigenvalue weighted by atomic mass is 10.1. The first-order chi connectivity index (χ1) is 12.2. The molecule has 26 heavy (non-hydrogen) atoms. The van der Waals surface area contributed by atoms with E-state index in [4.69, 9.17) is 0 Å². The summed E-state index contributed by atoms with van der Waals surface area (Å²) in [6.07, 6.45) is -3.64. The van der Waals surface area contributed by atoms with Gasteiger partial charge in [0, 0.05) is 0 Å². The molecule has 0 aromatic heterocycles. The molecule has 3 rings (SSSR count). The maximum absolute atomic E-state index is 13.4. The van der Waals surface area contributed by atoms with Crippen LogP contribution >= 0.6 is 45.2 Å². The number of anilines is 1. The molecule has 0 bridgehead atoms. The molecule has 2 aromatic rings. The van der Waals surface area contributed by atoms with Crippen LogP contribution in [-0.4, -0.2) is 22.9 Å². The molecule has 0 spiro atoms. The Kier molecular flexibility index (Phi) is 5.28. The molecule has 1 amide bonds. The Hall–Kier alpha value is -1.63. The number of carbonyl (C=O) groups is 1. The Balaban J connectivity index is 2.11. The van der Waals surface area contributed by atoms with Crippen LogP contribution in [0, 0.1) is 7.14 Å². The van der Waals surface area contributed by atoms with E-state index in [0.717, 1.165) is 11.1 Å². The van der Waals surface area contributed by atoms with E-state index < -0.39 is 23.4 Å². The van der Waals surface area contributed by atoms with Gasteiger partial charge in [-0.15, -0.1) is 0 Å². The van der Waals surface area contributed by atoms with Gasteiger partial charge in [-0.1, -0.05) is 18.2 Å². The van der Waals surface area contributed by atoms with Crippen LogP contribution in [0.2, 0.25) is 0 Å². The number of aromatic hydroxyl groups is 1. The predicted octanol–water partition coefficient (Wildman–Crippen LogP) is 4.95. The predicted molar refractivity (Wildman–Crippen MR) is 109 cm³/mol. The minimum atomic E-state index is -4.78. The van der Waals surface area contributed by atoms with Crippen molar-refractivity contribution in [1.29, 1.82) is 0 Å². The smallest absolute Gasteiger partial charge is 0.435 e. The number of phenolic OH excluding ortho intramolecular Hbond substituents is 1. The number of halogens is 5. The van der Waals surface area contributed by atoms with Gasteiger partial charge < -0.3 is 5.11 Å². The Morgan fingerprint density at radius 1 is 1.08 bits per heavy atom. The van der Waals surface area contributed by atoms with E-state index in [-0.39, 0.29) is 11.4 Å². The number of para-hydroxylation sites is 1. The maximum atomic E-state index is 13.4. The summed E-state index contributed by atoms with van der Waals surface area (Å²) in [6, 6.07) is 10.9. The highest BCUT2D eigenvalue weighted by Gasteiger charge is 2.46. The van der Waals surface area contributed by atoms with Crippen LogP contribution in [0.25, 0.3) is 6.08 Å². The molecule has 0 fully saturated rings. The molecule has 134 valence electrons. The third kappa shape index (κ3) is 3.72. The van der Waals surface area contributed by atoms with E-state index >= 15 is 0 Å². The van der Waals surface area contributed by atoms with Gasteiger partial charge in [-0.25, -0.2) is 0 Å². The van der Waals surface area contributed by atoms with E-state index in [9.17, 15) is 23.1 Å². The zero-order valence-electron chi connectivity index (χ0n) is 12.8. The lowest BCUT2D eigenvalue weighted by Crippen LogP contribution is -2.25. The van der Waals surface area contributed by atoms with Crippen molar-refractivity contribution in [3.8, 4) is 5.75 Å². The molecule has 0 saturated carbocycles. The Bertz CT molecular complexity index is 918. The first-order valence-corrected chi connectivity index (χ1v) is 9.29. The summed E-state index contributed by atoms with van der Waals surface area (Å²) in [5, 5.41) is 14.0. The number of hydrogen-bond acceptors (Lipinski definition) is 3. The zero-order valence-corrected chi connectivity index (χ0v) is 17.1. The van der Waals surface area contributed by atoms with Crippen molar-refractivity contribution in [3.05, 3.63) is 60.7 Å². The fourth-order valence-electron chi connectivity index (χ4n) is 2.33. The molecule has 0 unspecified atom stereocenters. The largest absolute Gasteiger partial charge is 0.506 e. The zero-order chi connectivity index (χ0) is 19.1. The average molecular weight is 584 g/mol. The number of carbonyl (C=O) groups excluding carboxylic acids is 1. The molecular formula is C17H9F3I2N2O2. The number of amides is 1. The summed E-state index contributed by atoms with van der Waals surface area (Å²) in [7, 11) is 0. The third-order valence-corrected chi connectivity index (χ3v) is 5.14. The molecule has 1 heterocycles. The summed E-state index contributed by atoms with van der Waals surface area (Å²) in [4.78, 5) is 12.6. The summed E-state index contributed by atoms with van der Waals surface area (Å²) < 4.78 is 41.2. The van der Waals surface area contributed by atoms with E-state index in [1.54, 1.807) is 18.2 Å². The van der Waals surface area contributed by atoms with Crippen LogP contribution in [0.5, 0.6) is 5.75 Å². The monoisotopic (exact) mass is 584 g/mol. The standard InChI is InChI=1S/C17H9F3I2N2O2/c18-17(19,20)15-11(6-9-7-12(21)14(25)13(22)8-9)16(26)24(23-15)10-4-2-1-3-5-10/h1-8,25H/b11-6-. The van der Waals surface area contributed by atoms with Crippen LogP contribution in [0.15, 0.2) is 53.1 Å². The number of phenols is 1. The number of benzene rings is 2. The van der Waals surface area contributed by atoms with E-state index in [1.807, 2.05) is 45.2 Å². The maximum Gasteiger partial charge on any atom is 0.435 e. The highest BCUT2D eigenvalue weighted by Crippen LogP contribution is 2.34. The minimum absolute atomic E-state index is 0.0433. The number of hydrogen-bond donors (Lipinski definition) is 1. The third-order valence-electron chi connectivity index (χ3n) is 3.50. The number of rotatable bonds is 2. The van der Waals surface area contributed by atoms with Crippen LogP contribution < -0.4 is 5.01 Å². The van der Waals surface area contributed by atoms with Gasteiger partial charge in [0.25, 0.3) is 5.91 Å². The lowest BCUT2D eigenvalue weighted by molar-refractivity contribution is -0.114. The Morgan fingerprint density at radius 2 is 1.65 bits per heavy atom. The molecule has 0 atom stereocenters. The lowest BCUT2D eigenvalue weighted by Gasteiger charge is -2.11. The molecular weight excluding hydrogens is 575 g/mol. The van der Waals surface area contributed by atoms with Crippen molar-refractivity contribution >= 4 is 68.6 Å². The fraction of sp³-hybridized carbons (Fsp3) is 0.0588. The number of hydrazone groups is 1. The molecule has 0 aliphatic carbocycles. The molecule has 9 heteroatoms. The van der Waals surface area contributed by atoms with Crippen molar-refractivity contribution in [3.63, 3.8) is 0 Å². The van der Waals surface area contributed by atoms with Gasteiger partial charge >= 0.3 is 6.18 Å². The van der Waals surface area contributed by atoms with Crippen molar-refractivity contribution in [1.82, 2.24) is 0 Å². The SMILES string of the molecule is O=C1/C(=C\c2cc(I)c(O)c(I)c2)C(C(F)(F)F)=NN1c1ccccc1. The molecule has 0 radical (unpaired) electrons. The van der Waals surface area contributed by atoms with Crippen molar-refractivity contribution in [2.24, 2.45) is 5.10 Å². The summed E-state index contributed by atoms with van der Waals surface area (Å²) in [5.74, 6) is -0.816. The minimum Gasteiger partial charge on any atom is -0.506 e. The van der Waals surface area contributed by atoms with Gasteiger partial charge in [-0.3, -0.25) is 4.79 Å². The van der Waals surface area contributed by atoms with E-state index in [0.29, 0.717) is 12.7 Å². The second-order valence-corrected chi connectivity index (χ2v) is 7.61. The summed E-state index contributed by atoms with van der Waals surface area (Å²) in [5.41, 5.74) is -1.17. The van der Waals surface area contributed by atoms with Gasteiger partial charge in [-0.05, 0) is 81.1 Å². The van der Waals surface area contributed by atoms with Gasteiger partial charge in [-0.2, -0.15) is 23.3 Å². The van der Waals surface area contributed by atoms with Crippen LogP contribution in [0.4, 0.5) is 18.9 Å². The Labute approximate surface area is 173 Å². The van der Waals surface area contributed by atoms with Gasteiger partial charge in [0.1, 0.15) is 5.75 Å². The van der Waals surface area contributed by atoms with Gasteiger partial charge in [0.05, 0.1) is 18.4 Å². The molecule has 4 nitrogen and oxygen atoms in total. The number of alkyl halides is 3. The first kappa shape index (κ1) is 19.1. The first-order valence-electron chi connectivity index (χ1n) is 7.14. The summed E-state index contributed by atoms with van der Waals surface area (Å²) >= 11 is 3.74. The van der Waals surface area contributed by atoms with Gasteiger partial charge in [0.15, 0.2) is 5.71 Å². The highest BCUT2D eigenvalue weighted by molar-refractivity contribution is 14.1. The van der Waals surface area contributed by atoms with Crippen molar-refractivity contribution in [2.75, 3.05) is 5.01 Å². The molecule has 1 aliphatic heterocycles. The molecule has 1 aliphatic rings. The van der Waals surface area contributed by atoms with Gasteiger partial charge in [0.2, 0.25) is 0 Å². The Morgan fingerprint density at radius 3 is 2.19 bits per heavy atom. The number of nitrogens with zero attached hydrogens (tertiary/aromatic N) is 2. The normalized spacial score (nSPS) is 16.3. The van der Waals surface area contributed by atoms with Crippen LogP contribution in [0.3, 0.4) is 0 Å². The molecule has 2 aromatic carbocycles. The van der Waals surface area contributed by atoms with Crippen LogP contribution in [0.1, 0.15) is 5.56 Å². The second kappa shape index (κ2) is 7.18.